The van der Waals surface area contributed by atoms with Crippen LogP contribution in [0.25, 0.3) is 0 Å². The Morgan fingerprint density at radius 3 is 2.37 bits per heavy atom. The van der Waals surface area contributed by atoms with Crippen LogP contribution < -0.4 is 0 Å². The zero-order valence-corrected chi connectivity index (χ0v) is 18.9. The van der Waals surface area contributed by atoms with E-state index in [4.69, 9.17) is 16.3 Å². The number of carbonyl (C=O) groups excluding carboxylic acids is 2. The molecule has 0 N–H and O–H groups in total. The molecule has 1 aromatic carbocycles. The number of nitrogens with zero attached hydrogens (tertiary/aromatic N) is 3. The number of halogens is 1. The van der Waals surface area contributed by atoms with Crippen LogP contribution in [0.2, 0.25) is 5.02 Å². The maximum Gasteiger partial charge on any atom is 0.410 e. The number of piperidine rings is 1. The Labute approximate surface area is 183 Å². The molecule has 1 fully saturated rings. The minimum Gasteiger partial charge on any atom is -0.444 e. The number of rotatable bonds is 4. The Morgan fingerprint density at radius 2 is 1.77 bits per heavy atom. The fourth-order valence-corrected chi connectivity index (χ4v) is 3.80. The van der Waals surface area contributed by atoms with Crippen LogP contribution in [-0.2, 0) is 11.3 Å². The summed E-state index contributed by atoms with van der Waals surface area (Å²) in [7, 11) is 1.80. The number of ether oxygens (including phenoxy) is 1. The van der Waals surface area contributed by atoms with Crippen molar-refractivity contribution in [3.8, 4) is 0 Å². The predicted octanol–water partition coefficient (Wildman–Crippen LogP) is 4.99. The molecule has 30 heavy (non-hydrogen) atoms. The van der Waals surface area contributed by atoms with E-state index in [0.29, 0.717) is 30.4 Å². The molecule has 3 rings (SSSR count). The molecule has 1 aliphatic heterocycles. The van der Waals surface area contributed by atoms with E-state index < -0.39 is 5.60 Å². The molecule has 0 bridgehead atoms. The second-order valence-electron chi connectivity index (χ2n) is 8.79. The summed E-state index contributed by atoms with van der Waals surface area (Å²) in [4.78, 5) is 28.8. The van der Waals surface area contributed by atoms with Crippen molar-refractivity contribution in [2.24, 2.45) is 0 Å². The lowest BCUT2D eigenvalue weighted by Crippen LogP contribution is -2.42. The highest BCUT2D eigenvalue weighted by Gasteiger charge is 2.29. The van der Waals surface area contributed by atoms with Gasteiger partial charge in [-0.25, -0.2) is 4.79 Å². The normalized spacial score (nSPS) is 15.2. The molecule has 1 aromatic heterocycles. The minimum absolute atomic E-state index is 0.0236. The molecule has 1 aliphatic rings. The van der Waals surface area contributed by atoms with Gasteiger partial charge >= 0.3 is 6.09 Å². The zero-order valence-electron chi connectivity index (χ0n) is 18.1. The summed E-state index contributed by atoms with van der Waals surface area (Å²) in [5, 5.41) is 0.680. The molecule has 7 heteroatoms. The van der Waals surface area contributed by atoms with Crippen molar-refractivity contribution in [1.29, 1.82) is 0 Å². The summed E-state index contributed by atoms with van der Waals surface area (Å²) in [6.07, 6.45) is 3.26. The first-order valence-corrected chi connectivity index (χ1v) is 10.7. The van der Waals surface area contributed by atoms with Gasteiger partial charge in [-0.3, -0.25) is 4.79 Å². The van der Waals surface area contributed by atoms with E-state index in [9.17, 15) is 9.59 Å². The van der Waals surface area contributed by atoms with Crippen molar-refractivity contribution in [2.45, 2.75) is 51.8 Å². The molecule has 0 aliphatic carbocycles. The topological polar surface area (TPSA) is 54.8 Å². The van der Waals surface area contributed by atoms with Crippen molar-refractivity contribution in [3.63, 3.8) is 0 Å². The van der Waals surface area contributed by atoms with Gasteiger partial charge in [0.1, 0.15) is 11.3 Å². The average molecular weight is 432 g/mol. The van der Waals surface area contributed by atoms with Gasteiger partial charge in [-0.1, -0.05) is 23.7 Å². The number of likely N-dealkylation sites (tertiary alicyclic amines) is 1. The fourth-order valence-electron chi connectivity index (χ4n) is 3.68. The van der Waals surface area contributed by atoms with Gasteiger partial charge in [-0.05, 0) is 63.4 Å². The first-order valence-electron chi connectivity index (χ1n) is 10.3. The Hall–Kier alpha value is -2.47. The molecule has 2 amide bonds. The molecule has 0 atom stereocenters. The second kappa shape index (κ2) is 9.13. The molecule has 2 aromatic rings. The van der Waals surface area contributed by atoms with Gasteiger partial charge in [0, 0.05) is 43.9 Å². The highest BCUT2D eigenvalue weighted by molar-refractivity contribution is 6.30. The molecule has 0 saturated carbocycles. The monoisotopic (exact) mass is 431 g/mol. The third-order valence-electron chi connectivity index (χ3n) is 5.19. The third-order valence-corrected chi connectivity index (χ3v) is 5.44. The van der Waals surface area contributed by atoms with Gasteiger partial charge in [0.25, 0.3) is 5.91 Å². The van der Waals surface area contributed by atoms with Crippen molar-refractivity contribution < 1.29 is 14.3 Å². The highest BCUT2D eigenvalue weighted by atomic mass is 35.5. The van der Waals surface area contributed by atoms with E-state index in [-0.39, 0.29) is 18.0 Å². The van der Waals surface area contributed by atoms with E-state index >= 15 is 0 Å². The van der Waals surface area contributed by atoms with Crippen LogP contribution in [0.3, 0.4) is 0 Å². The summed E-state index contributed by atoms with van der Waals surface area (Å²) >= 11 is 5.94. The van der Waals surface area contributed by atoms with Gasteiger partial charge in [-0.2, -0.15) is 0 Å². The van der Waals surface area contributed by atoms with Gasteiger partial charge in [-0.15, -0.1) is 0 Å². The maximum absolute atomic E-state index is 13.1. The standard InChI is InChI=1S/C23H30ClN3O3/c1-23(2,3)30-22(29)26-14-11-19(12-15-26)27-13-5-6-20(27)21(28)25(4)16-17-7-9-18(24)10-8-17/h5-10,13,19H,11-12,14-16H2,1-4H3. The summed E-state index contributed by atoms with van der Waals surface area (Å²) in [6.45, 7) is 7.36. The van der Waals surface area contributed by atoms with E-state index in [1.807, 2.05) is 67.9 Å². The lowest BCUT2D eigenvalue weighted by Gasteiger charge is -2.34. The summed E-state index contributed by atoms with van der Waals surface area (Å²) in [5.74, 6) is -0.0236. The Bertz CT molecular complexity index is 878. The molecular weight excluding hydrogens is 402 g/mol. The van der Waals surface area contributed by atoms with Crippen LogP contribution >= 0.6 is 11.6 Å². The summed E-state index contributed by atoms with van der Waals surface area (Å²) in [5.41, 5.74) is 1.20. The summed E-state index contributed by atoms with van der Waals surface area (Å²) < 4.78 is 7.52. The van der Waals surface area contributed by atoms with E-state index in [1.54, 1.807) is 16.8 Å². The molecule has 0 radical (unpaired) electrons. The molecule has 2 heterocycles. The summed E-state index contributed by atoms with van der Waals surface area (Å²) in [6, 6.07) is 11.5. The van der Waals surface area contributed by atoms with Crippen LogP contribution in [0.1, 0.15) is 55.7 Å². The SMILES string of the molecule is CN(Cc1ccc(Cl)cc1)C(=O)c1cccn1C1CCN(C(=O)OC(C)(C)C)CC1. The third kappa shape index (κ3) is 5.57. The van der Waals surface area contributed by atoms with Crippen molar-refractivity contribution in [3.05, 3.63) is 58.9 Å². The quantitative estimate of drug-likeness (QED) is 0.685. The number of aromatic nitrogens is 1. The Morgan fingerprint density at radius 1 is 1.13 bits per heavy atom. The largest absolute Gasteiger partial charge is 0.444 e. The Kier molecular flexibility index (Phi) is 6.76. The number of carbonyl (C=O) groups is 2. The first kappa shape index (κ1) is 22.2. The Balaban J connectivity index is 1.62. The lowest BCUT2D eigenvalue weighted by atomic mass is 10.0. The number of benzene rings is 1. The van der Waals surface area contributed by atoms with Crippen molar-refractivity contribution in [1.82, 2.24) is 14.4 Å². The maximum atomic E-state index is 13.1. The van der Waals surface area contributed by atoms with E-state index in [2.05, 4.69) is 0 Å². The molecule has 1 saturated heterocycles. The van der Waals surface area contributed by atoms with Crippen LogP contribution in [0.15, 0.2) is 42.6 Å². The van der Waals surface area contributed by atoms with Crippen LogP contribution in [0.4, 0.5) is 4.79 Å². The average Bonchev–Trinajstić information content (AvgIpc) is 3.17. The van der Waals surface area contributed by atoms with E-state index in [1.165, 1.54) is 0 Å². The second-order valence-corrected chi connectivity index (χ2v) is 9.22. The van der Waals surface area contributed by atoms with Crippen LogP contribution in [0, 0.1) is 0 Å². The molecule has 0 unspecified atom stereocenters. The van der Waals surface area contributed by atoms with Crippen molar-refractivity contribution >= 4 is 23.6 Å². The van der Waals surface area contributed by atoms with Gasteiger partial charge < -0.3 is 19.1 Å². The zero-order chi connectivity index (χ0) is 21.9. The smallest absolute Gasteiger partial charge is 0.410 e. The van der Waals surface area contributed by atoms with Gasteiger partial charge in [0.05, 0.1) is 0 Å². The molecule has 0 spiro atoms. The van der Waals surface area contributed by atoms with Crippen molar-refractivity contribution in [2.75, 3.05) is 20.1 Å². The van der Waals surface area contributed by atoms with Gasteiger partial charge in [0.15, 0.2) is 0 Å². The highest BCUT2D eigenvalue weighted by Crippen LogP contribution is 2.26. The molecular formula is C23H30ClN3O3. The predicted molar refractivity (Wildman–Crippen MR) is 118 cm³/mol. The van der Waals surface area contributed by atoms with E-state index in [0.717, 1.165) is 18.4 Å². The number of amides is 2. The molecule has 6 nitrogen and oxygen atoms in total. The van der Waals surface area contributed by atoms with Crippen LogP contribution in [-0.4, -0.2) is 52.1 Å². The first-order chi connectivity index (χ1) is 14.1. The van der Waals surface area contributed by atoms with Crippen LogP contribution in [0.5, 0.6) is 0 Å². The van der Waals surface area contributed by atoms with Gasteiger partial charge in [0.2, 0.25) is 0 Å². The number of hydrogen-bond donors (Lipinski definition) is 0. The number of hydrogen-bond acceptors (Lipinski definition) is 3. The fraction of sp³-hybridized carbons (Fsp3) is 0.478. The minimum atomic E-state index is -0.497. The lowest BCUT2D eigenvalue weighted by molar-refractivity contribution is 0.0186. The molecule has 162 valence electrons.